The molecule has 8 heteroatoms. The van der Waals surface area contributed by atoms with E-state index in [4.69, 9.17) is 19.9 Å². The van der Waals surface area contributed by atoms with Gasteiger partial charge in [-0.05, 0) is 31.2 Å². The molecule has 2 aromatic carbocycles. The molecule has 0 aliphatic rings. The smallest absolute Gasteiger partial charge is 0.343 e. The molecule has 0 spiro atoms. The number of nitrogens with two attached hydrogens (primary N) is 1. The van der Waals surface area contributed by atoms with Crippen molar-refractivity contribution < 1.29 is 19.0 Å². The van der Waals surface area contributed by atoms with Gasteiger partial charge in [0.15, 0.2) is 5.82 Å². The molecule has 1 heterocycles. The van der Waals surface area contributed by atoms with Gasteiger partial charge in [-0.2, -0.15) is 0 Å². The van der Waals surface area contributed by atoms with Gasteiger partial charge in [0.2, 0.25) is 0 Å². The third-order valence-corrected chi connectivity index (χ3v) is 4.09. The number of hydrogen-bond acceptors (Lipinski definition) is 8. The van der Waals surface area contributed by atoms with E-state index < -0.39 is 5.97 Å². The summed E-state index contributed by atoms with van der Waals surface area (Å²) in [4.78, 5) is 21.3. The second kappa shape index (κ2) is 8.92. The molecule has 3 rings (SSSR count). The van der Waals surface area contributed by atoms with Crippen LogP contribution < -0.4 is 20.5 Å². The molecule has 0 amide bonds. The van der Waals surface area contributed by atoms with Gasteiger partial charge in [-0.25, -0.2) is 14.8 Å². The largest absolute Gasteiger partial charge is 0.497 e. The molecule has 8 nitrogen and oxygen atoms in total. The van der Waals surface area contributed by atoms with Crippen LogP contribution >= 0.6 is 0 Å². The number of rotatable bonds is 7. The normalized spacial score (nSPS) is 10.3. The molecular weight excluding hydrogens is 372 g/mol. The minimum Gasteiger partial charge on any atom is -0.497 e. The summed E-state index contributed by atoms with van der Waals surface area (Å²) >= 11 is 0. The van der Waals surface area contributed by atoms with Gasteiger partial charge in [-0.1, -0.05) is 12.1 Å². The maximum absolute atomic E-state index is 12.4. The van der Waals surface area contributed by atoms with Crippen LogP contribution in [0.3, 0.4) is 0 Å². The Hall–Kier alpha value is -3.81. The number of nitrogen functional groups attached to an aromatic ring is 1. The molecule has 29 heavy (non-hydrogen) atoms. The molecule has 0 saturated heterocycles. The lowest BCUT2D eigenvalue weighted by Crippen LogP contribution is -2.11. The first-order valence-electron chi connectivity index (χ1n) is 8.94. The molecule has 150 valence electrons. The Morgan fingerprint density at radius 2 is 1.97 bits per heavy atom. The van der Waals surface area contributed by atoms with Crippen molar-refractivity contribution in [2.75, 3.05) is 31.9 Å². The maximum Gasteiger partial charge on any atom is 0.343 e. The second-order valence-electron chi connectivity index (χ2n) is 5.99. The van der Waals surface area contributed by atoms with Gasteiger partial charge in [-0.3, -0.25) is 0 Å². The Bertz CT molecular complexity index is 1020. The SMILES string of the molecule is CCOC(=O)c1cnc(-c2cccc(N)c2)nc1Nc1cc(OC)ccc1OC. The summed E-state index contributed by atoms with van der Waals surface area (Å²) in [6.45, 7) is 1.97. The monoisotopic (exact) mass is 394 g/mol. The average Bonchev–Trinajstić information content (AvgIpc) is 2.73. The molecule has 1 aromatic heterocycles. The second-order valence-corrected chi connectivity index (χ2v) is 5.99. The lowest BCUT2D eigenvalue weighted by molar-refractivity contribution is 0.0526. The summed E-state index contributed by atoms with van der Waals surface area (Å²) < 4.78 is 15.8. The number of carbonyl (C=O) groups is 1. The highest BCUT2D eigenvalue weighted by molar-refractivity contribution is 5.95. The fourth-order valence-corrected chi connectivity index (χ4v) is 2.69. The van der Waals surface area contributed by atoms with Crippen LogP contribution in [-0.2, 0) is 4.74 Å². The summed E-state index contributed by atoms with van der Waals surface area (Å²) in [5, 5.41) is 3.14. The fraction of sp³-hybridized carbons (Fsp3) is 0.190. The van der Waals surface area contributed by atoms with Crippen LogP contribution in [0.25, 0.3) is 11.4 Å². The molecule has 3 N–H and O–H groups in total. The van der Waals surface area contributed by atoms with Gasteiger partial charge in [0.25, 0.3) is 0 Å². The first-order valence-corrected chi connectivity index (χ1v) is 8.94. The zero-order valence-electron chi connectivity index (χ0n) is 16.4. The highest BCUT2D eigenvalue weighted by Gasteiger charge is 2.18. The number of esters is 1. The van der Waals surface area contributed by atoms with Crippen molar-refractivity contribution in [3.8, 4) is 22.9 Å². The number of benzene rings is 2. The van der Waals surface area contributed by atoms with Crippen molar-refractivity contribution in [2.24, 2.45) is 0 Å². The van der Waals surface area contributed by atoms with Crippen molar-refractivity contribution in [2.45, 2.75) is 6.92 Å². The number of nitrogens with one attached hydrogen (secondary N) is 1. The summed E-state index contributed by atoms with van der Waals surface area (Å²) in [6, 6.07) is 12.5. The minimum atomic E-state index is -0.531. The van der Waals surface area contributed by atoms with E-state index in [0.29, 0.717) is 28.7 Å². The predicted octanol–water partition coefficient (Wildman–Crippen LogP) is 3.66. The lowest BCUT2D eigenvalue weighted by atomic mass is 10.2. The van der Waals surface area contributed by atoms with E-state index in [0.717, 1.165) is 5.56 Å². The molecule has 0 atom stereocenters. The van der Waals surface area contributed by atoms with Crippen molar-refractivity contribution in [3.05, 3.63) is 54.2 Å². The lowest BCUT2D eigenvalue weighted by Gasteiger charge is -2.15. The van der Waals surface area contributed by atoms with Crippen LogP contribution in [0.2, 0.25) is 0 Å². The molecule has 3 aromatic rings. The Kier molecular flexibility index (Phi) is 6.13. The molecule has 0 bridgehead atoms. The van der Waals surface area contributed by atoms with Crippen molar-refractivity contribution >= 4 is 23.2 Å². The Morgan fingerprint density at radius 3 is 2.66 bits per heavy atom. The number of methoxy groups -OCH3 is 2. The fourth-order valence-electron chi connectivity index (χ4n) is 2.69. The van der Waals surface area contributed by atoms with Crippen molar-refractivity contribution in [3.63, 3.8) is 0 Å². The number of carbonyl (C=O) groups excluding carboxylic acids is 1. The van der Waals surface area contributed by atoms with E-state index in [1.54, 1.807) is 51.5 Å². The first kappa shape index (κ1) is 19.9. The van der Waals surface area contributed by atoms with Gasteiger partial charge in [-0.15, -0.1) is 0 Å². The van der Waals surface area contributed by atoms with Crippen LogP contribution in [0.5, 0.6) is 11.5 Å². The summed E-state index contributed by atoms with van der Waals surface area (Å²) in [5.41, 5.74) is 7.96. The highest BCUT2D eigenvalue weighted by Crippen LogP contribution is 2.32. The quantitative estimate of drug-likeness (QED) is 0.462. The van der Waals surface area contributed by atoms with Crippen LogP contribution in [0.1, 0.15) is 17.3 Å². The molecule has 0 aliphatic carbocycles. The average molecular weight is 394 g/mol. The number of nitrogens with zero attached hydrogens (tertiary/aromatic N) is 2. The van der Waals surface area contributed by atoms with Crippen LogP contribution in [0.15, 0.2) is 48.7 Å². The Labute approximate surface area is 168 Å². The molecular formula is C21H22N4O4. The number of ether oxygens (including phenoxy) is 3. The third-order valence-electron chi connectivity index (χ3n) is 4.09. The zero-order chi connectivity index (χ0) is 20.8. The Morgan fingerprint density at radius 1 is 1.14 bits per heavy atom. The van der Waals surface area contributed by atoms with Gasteiger partial charge in [0.05, 0.1) is 26.5 Å². The number of hydrogen-bond donors (Lipinski definition) is 2. The van der Waals surface area contributed by atoms with E-state index in [-0.39, 0.29) is 18.0 Å². The highest BCUT2D eigenvalue weighted by atomic mass is 16.5. The van der Waals surface area contributed by atoms with Gasteiger partial charge >= 0.3 is 5.97 Å². The predicted molar refractivity (Wildman–Crippen MR) is 111 cm³/mol. The maximum atomic E-state index is 12.4. The number of aromatic nitrogens is 2. The van der Waals surface area contributed by atoms with Crippen molar-refractivity contribution in [1.82, 2.24) is 9.97 Å². The van der Waals surface area contributed by atoms with E-state index in [1.807, 2.05) is 12.1 Å². The standard InChI is InChI=1S/C21H22N4O4/c1-4-29-21(26)16-12-23-19(13-6-5-7-14(22)10-13)25-20(16)24-17-11-15(27-2)8-9-18(17)28-3/h5-12H,4,22H2,1-3H3,(H,23,24,25). The van der Waals surface area contributed by atoms with E-state index in [1.165, 1.54) is 6.20 Å². The van der Waals surface area contributed by atoms with Crippen LogP contribution in [0.4, 0.5) is 17.2 Å². The van der Waals surface area contributed by atoms with Gasteiger partial charge in [0, 0.05) is 23.5 Å². The van der Waals surface area contributed by atoms with Gasteiger partial charge < -0.3 is 25.3 Å². The van der Waals surface area contributed by atoms with Gasteiger partial charge in [0.1, 0.15) is 22.9 Å². The topological polar surface area (TPSA) is 109 Å². The molecule has 0 radical (unpaired) electrons. The molecule has 0 aliphatic heterocycles. The third kappa shape index (κ3) is 4.55. The molecule has 0 saturated carbocycles. The van der Waals surface area contributed by atoms with Crippen molar-refractivity contribution in [1.29, 1.82) is 0 Å². The number of anilines is 3. The van der Waals surface area contributed by atoms with Crippen LogP contribution in [-0.4, -0.2) is 36.8 Å². The van der Waals surface area contributed by atoms with E-state index in [2.05, 4.69) is 15.3 Å². The Balaban J connectivity index is 2.09. The first-order chi connectivity index (χ1) is 14.0. The summed E-state index contributed by atoms with van der Waals surface area (Å²) in [7, 11) is 3.12. The minimum absolute atomic E-state index is 0.198. The zero-order valence-corrected chi connectivity index (χ0v) is 16.4. The molecule has 0 fully saturated rings. The molecule has 0 unspecified atom stereocenters. The van der Waals surface area contributed by atoms with E-state index >= 15 is 0 Å². The summed E-state index contributed by atoms with van der Waals surface area (Å²) in [5.74, 6) is 1.34. The van der Waals surface area contributed by atoms with Crippen LogP contribution in [0, 0.1) is 0 Å². The summed E-state index contributed by atoms with van der Waals surface area (Å²) in [6.07, 6.45) is 1.43. The van der Waals surface area contributed by atoms with E-state index in [9.17, 15) is 4.79 Å².